The first-order valence-electron chi connectivity index (χ1n) is 11.2. The molecular weight excluding hydrogens is 406 g/mol. The summed E-state index contributed by atoms with van der Waals surface area (Å²) >= 11 is 0. The second-order valence-corrected chi connectivity index (χ2v) is 8.10. The molecule has 3 aromatic rings. The van der Waals surface area contributed by atoms with Crippen LogP contribution in [0.5, 0.6) is 0 Å². The molecule has 1 aliphatic carbocycles. The van der Waals surface area contributed by atoms with Gasteiger partial charge in [0, 0.05) is 19.2 Å². The third kappa shape index (κ3) is 5.84. The van der Waals surface area contributed by atoms with E-state index in [1.165, 1.54) is 43.3 Å². The molecule has 0 bridgehead atoms. The summed E-state index contributed by atoms with van der Waals surface area (Å²) in [5.74, 6) is 1.29. The van der Waals surface area contributed by atoms with Gasteiger partial charge in [-0.3, -0.25) is 0 Å². The first-order valence-corrected chi connectivity index (χ1v) is 11.2. The van der Waals surface area contributed by atoms with Crippen LogP contribution in [0.4, 0.5) is 5.82 Å². The average Bonchev–Trinajstić information content (AvgIpc) is 3.16. The average molecular weight is 436 g/mol. The van der Waals surface area contributed by atoms with Crippen LogP contribution < -0.4 is 11.1 Å². The van der Waals surface area contributed by atoms with Crippen molar-refractivity contribution in [2.45, 2.75) is 45.1 Å². The summed E-state index contributed by atoms with van der Waals surface area (Å²) in [4.78, 5) is 25.7. The molecule has 4 rings (SSSR count). The van der Waals surface area contributed by atoms with Crippen LogP contribution in [-0.4, -0.2) is 27.0 Å². The molecule has 168 valence electrons. The van der Waals surface area contributed by atoms with E-state index in [4.69, 9.17) is 9.36 Å². The van der Waals surface area contributed by atoms with Crippen LogP contribution >= 0.6 is 0 Å². The van der Waals surface area contributed by atoms with Crippen LogP contribution in [0.15, 0.2) is 63.0 Å². The normalized spacial score (nSPS) is 15.0. The minimum atomic E-state index is -0.681. The molecule has 0 spiro atoms. The molecule has 0 atom stereocenters. The summed E-state index contributed by atoms with van der Waals surface area (Å²) in [5, 5.41) is 7.69. The SMILES string of the molecule is Cn1oc(=O)nc1C(=NOCc1cccc(NCCC2CCCCC2)n1)c1ccccc1. The van der Waals surface area contributed by atoms with E-state index >= 15 is 0 Å². The molecule has 1 aliphatic rings. The van der Waals surface area contributed by atoms with Gasteiger partial charge >= 0.3 is 5.76 Å². The van der Waals surface area contributed by atoms with E-state index < -0.39 is 5.76 Å². The fourth-order valence-electron chi connectivity index (χ4n) is 4.06. The fraction of sp³-hybridized carbons (Fsp3) is 0.417. The van der Waals surface area contributed by atoms with Crippen LogP contribution in [0.2, 0.25) is 0 Å². The smallest absolute Gasteiger partial charge is 0.389 e. The van der Waals surface area contributed by atoms with Gasteiger partial charge in [0.2, 0.25) is 0 Å². The van der Waals surface area contributed by atoms with E-state index in [0.717, 1.165) is 29.5 Å². The highest BCUT2D eigenvalue weighted by Crippen LogP contribution is 2.26. The Labute approximate surface area is 187 Å². The summed E-state index contributed by atoms with van der Waals surface area (Å²) in [6, 6.07) is 15.2. The van der Waals surface area contributed by atoms with Gasteiger partial charge in [-0.05, 0) is 24.5 Å². The summed E-state index contributed by atoms with van der Waals surface area (Å²) in [5.41, 5.74) is 1.95. The monoisotopic (exact) mass is 435 g/mol. The summed E-state index contributed by atoms with van der Waals surface area (Å²) < 4.78 is 6.26. The lowest BCUT2D eigenvalue weighted by Crippen LogP contribution is -2.13. The number of aromatic nitrogens is 3. The Hall–Kier alpha value is -3.42. The molecule has 0 radical (unpaired) electrons. The number of benzene rings is 1. The number of nitrogens with one attached hydrogen (secondary N) is 1. The number of pyridine rings is 1. The molecule has 2 aromatic heterocycles. The van der Waals surface area contributed by atoms with Crippen LogP contribution in [0.1, 0.15) is 55.6 Å². The second kappa shape index (κ2) is 10.7. The molecule has 1 saturated carbocycles. The molecule has 1 fully saturated rings. The van der Waals surface area contributed by atoms with Gasteiger partial charge in [-0.15, -0.1) is 0 Å². The molecule has 0 unspecified atom stereocenters. The van der Waals surface area contributed by atoms with Gasteiger partial charge in [-0.25, -0.2) is 9.78 Å². The molecule has 0 aliphatic heterocycles. The van der Waals surface area contributed by atoms with Crippen molar-refractivity contribution in [3.8, 4) is 0 Å². The predicted octanol–water partition coefficient (Wildman–Crippen LogP) is 4.12. The first kappa shape index (κ1) is 21.8. The Bertz CT molecular complexity index is 1080. The van der Waals surface area contributed by atoms with Gasteiger partial charge < -0.3 is 14.7 Å². The van der Waals surface area contributed by atoms with Crippen molar-refractivity contribution in [3.63, 3.8) is 0 Å². The molecular formula is C24H29N5O3. The quantitative estimate of drug-likeness (QED) is 0.401. The summed E-state index contributed by atoms with van der Waals surface area (Å²) in [7, 11) is 1.60. The number of anilines is 1. The van der Waals surface area contributed by atoms with Gasteiger partial charge in [0.05, 0.1) is 5.69 Å². The zero-order valence-corrected chi connectivity index (χ0v) is 18.4. The van der Waals surface area contributed by atoms with Gasteiger partial charge in [-0.1, -0.05) is 73.7 Å². The molecule has 0 amide bonds. The van der Waals surface area contributed by atoms with Crippen molar-refractivity contribution >= 4 is 11.5 Å². The summed E-state index contributed by atoms with van der Waals surface area (Å²) in [6.45, 7) is 1.12. The van der Waals surface area contributed by atoms with Crippen molar-refractivity contribution < 1.29 is 9.36 Å². The van der Waals surface area contributed by atoms with Gasteiger partial charge in [0.1, 0.15) is 5.82 Å². The third-order valence-electron chi connectivity index (χ3n) is 5.73. The fourth-order valence-corrected chi connectivity index (χ4v) is 4.06. The standard InChI is InChI=1S/C24H29N5O3/c1-29-23(27-24(30)32-29)22(19-11-6-3-7-12-19)28-31-17-20-13-8-14-21(26-20)25-16-15-18-9-4-2-5-10-18/h3,6-8,11-14,18H,2,4-5,9-10,15-17H2,1H3,(H,25,26). The first-order chi connectivity index (χ1) is 15.7. The van der Waals surface area contributed by atoms with Gasteiger partial charge in [-0.2, -0.15) is 9.72 Å². The largest absolute Gasteiger partial charge is 0.460 e. The molecule has 2 heterocycles. The van der Waals surface area contributed by atoms with E-state index in [-0.39, 0.29) is 6.61 Å². The zero-order chi connectivity index (χ0) is 22.2. The van der Waals surface area contributed by atoms with Crippen molar-refractivity contribution in [2.24, 2.45) is 18.1 Å². The number of hydrogen-bond donors (Lipinski definition) is 1. The lowest BCUT2D eigenvalue weighted by Gasteiger charge is -2.21. The Kier molecular flexibility index (Phi) is 7.32. The highest BCUT2D eigenvalue weighted by atomic mass is 16.6. The lowest BCUT2D eigenvalue weighted by atomic mass is 9.87. The van der Waals surface area contributed by atoms with E-state index in [9.17, 15) is 4.79 Å². The molecule has 32 heavy (non-hydrogen) atoms. The zero-order valence-electron chi connectivity index (χ0n) is 18.4. The van der Waals surface area contributed by atoms with Crippen molar-refractivity contribution in [1.82, 2.24) is 14.7 Å². The lowest BCUT2D eigenvalue weighted by molar-refractivity contribution is 0.128. The molecule has 1 aromatic carbocycles. The number of hydrogen-bond acceptors (Lipinski definition) is 7. The molecule has 0 saturated heterocycles. The maximum absolute atomic E-state index is 11.6. The van der Waals surface area contributed by atoms with Gasteiger partial charge in [0.15, 0.2) is 18.1 Å². The Morgan fingerprint density at radius 1 is 1.12 bits per heavy atom. The number of nitrogens with zero attached hydrogens (tertiary/aromatic N) is 4. The van der Waals surface area contributed by atoms with E-state index in [2.05, 4.69) is 20.4 Å². The van der Waals surface area contributed by atoms with E-state index in [1.807, 2.05) is 48.5 Å². The second-order valence-electron chi connectivity index (χ2n) is 8.10. The van der Waals surface area contributed by atoms with Crippen molar-refractivity contribution in [2.75, 3.05) is 11.9 Å². The Morgan fingerprint density at radius 2 is 1.94 bits per heavy atom. The minimum Gasteiger partial charge on any atom is -0.389 e. The van der Waals surface area contributed by atoms with Crippen LogP contribution in [0, 0.1) is 5.92 Å². The van der Waals surface area contributed by atoms with Gasteiger partial charge in [0.25, 0.3) is 0 Å². The Morgan fingerprint density at radius 3 is 2.69 bits per heavy atom. The number of rotatable bonds is 9. The maximum atomic E-state index is 11.6. The topological polar surface area (TPSA) is 94.5 Å². The van der Waals surface area contributed by atoms with Crippen molar-refractivity contribution in [1.29, 1.82) is 0 Å². The predicted molar refractivity (Wildman–Crippen MR) is 123 cm³/mol. The molecule has 8 nitrogen and oxygen atoms in total. The number of oxime groups is 1. The third-order valence-corrected chi connectivity index (χ3v) is 5.73. The van der Waals surface area contributed by atoms with Crippen LogP contribution in [0.3, 0.4) is 0 Å². The highest BCUT2D eigenvalue weighted by molar-refractivity contribution is 6.10. The highest BCUT2D eigenvalue weighted by Gasteiger charge is 2.16. The summed E-state index contributed by atoms with van der Waals surface area (Å²) in [6.07, 6.45) is 8.00. The molecule has 8 heteroatoms. The maximum Gasteiger partial charge on any atom is 0.460 e. The molecule has 1 N–H and O–H groups in total. The van der Waals surface area contributed by atoms with Crippen molar-refractivity contribution in [3.05, 3.63) is 76.2 Å². The van der Waals surface area contributed by atoms with E-state index in [1.54, 1.807) is 7.05 Å². The van der Waals surface area contributed by atoms with E-state index in [0.29, 0.717) is 11.5 Å². The Balaban J connectivity index is 1.39. The minimum absolute atomic E-state index is 0.195. The van der Waals surface area contributed by atoms with Crippen LogP contribution in [0.25, 0.3) is 0 Å². The van der Waals surface area contributed by atoms with Crippen LogP contribution in [-0.2, 0) is 18.5 Å². The number of aryl methyl sites for hydroxylation is 1.